The van der Waals surface area contributed by atoms with E-state index >= 15 is 0 Å². The van der Waals surface area contributed by atoms with Crippen LogP contribution in [0, 0.1) is 0 Å². The predicted octanol–water partition coefficient (Wildman–Crippen LogP) is 7.16. The molecule has 69 heavy (non-hydrogen) atoms. The Hall–Kier alpha value is -6.88. The van der Waals surface area contributed by atoms with E-state index in [0.29, 0.717) is 12.8 Å². The first kappa shape index (κ1) is 76.4. The second-order valence-corrected chi connectivity index (χ2v) is 13.8. The third-order valence-electron chi connectivity index (χ3n) is 8.96. The monoisotopic (exact) mass is 971 g/mol. The van der Waals surface area contributed by atoms with E-state index in [0.717, 1.165) is 46.7 Å². The summed E-state index contributed by atoms with van der Waals surface area (Å²) in [6.45, 7) is 2.84. The minimum Gasteiger partial charge on any atom is -0.480 e. The number of para-hydroxylation sites is 4. The summed E-state index contributed by atoms with van der Waals surface area (Å²) >= 11 is 0. The molecule has 22 N–H and O–H groups in total. The molecule has 4 heterocycles. The number of hydrogen-bond acceptors (Lipinski definition) is 14. The second kappa shape index (κ2) is 39.1. The van der Waals surface area contributed by atoms with Gasteiger partial charge in [0.25, 0.3) is 0 Å². The van der Waals surface area contributed by atoms with Crippen molar-refractivity contribution < 1.29 is 50.6 Å². The number of fused-ring (bicyclic) bond motifs is 4. The van der Waals surface area contributed by atoms with Crippen molar-refractivity contribution in [1.82, 2.24) is 12.3 Å². The van der Waals surface area contributed by atoms with Crippen molar-refractivity contribution >= 4 is 71.5 Å². The first-order chi connectivity index (χ1) is 28.6. The van der Waals surface area contributed by atoms with Gasteiger partial charge in [0.2, 0.25) is 0 Å². The van der Waals surface area contributed by atoms with E-state index in [2.05, 4.69) is 32.1 Å². The Morgan fingerprint density at radius 1 is 0.478 bits per heavy atom. The van der Waals surface area contributed by atoms with Gasteiger partial charge in [-0.2, -0.15) is 0 Å². The summed E-state index contributed by atoms with van der Waals surface area (Å²) < 4.78 is 0. The number of nitrogens with zero attached hydrogens (tertiary/aromatic N) is 4. The van der Waals surface area contributed by atoms with Crippen LogP contribution in [0.3, 0.4) is 0 Å². The Morgan fingerprint density at radius 2 is 0.739 bits per heavy atom. The molecule has 8 rings (SSSR count). The zero-order valence-corrected chi connectivity index (χ0v) is 35.8. The van der Waals surface area contributed by atoms with Crippen molar-refractivity contribution in [3.05, 3.63) is 119 Å². The number of aliphatic carboxylic acids is 4. The van der Waals surface area contributed by atoms with Crippen LogP contribution in [0.4, 0.5) is 22.7 Å². The molecule has 388 valence electrons. The molecule has 6 unspecified atom stereocenters. The van der Waals surface area contributed by atoms with E-state index in [1.165, 1.54) is 25.0 Å². The summed E-state index contributed by atoms with van der Waals surface area (Å²) in [6, 6.07) is 28.7. The number of aliphatic imine (C=N–C) groups is 4. The van der Waals surface area contributed by atoms with Crippen LogP contribution in [-0.2, 0) is 32.0 Å². The van der Waals surface area contributed by atoms with E-state index in [1.807, 2.05) is 97.4 Å². The Labute approximate surface area is 408 Å². The molecule has 20 nitrogen and oxygen atoms in total. The van der Waals surface area contributed by atoms with Crippen LogP contribution in [0.2, 0.25) is 0 Å². The number of nitrogens with two attached hydrogens (primary N) is 4. The number of hydrogen-bond donors (Lipinski definition) is 10. The standard InChI is InChI=1S/2C11H12N2O2.2C8H7N.2C3H7NO2.5CH4.2H3N.2H2O/c2*12-9(11(14)15)5-7-6-13-10-4-2-1-3-8(7)10;2*1-2-4-8-7(3-1)5-6-9-8;2*1-2(4)3(5)6;;;;;;;;;/h2*1-4,6-7,9H,5,12H2,(H,14,15);2*1-4,6H,5H2;2*2H,4H2,1H3,(H,5,6);5*1H4;2*1H3;2*1H2. The van der Waals surface area contributed by atoms with Gasteiger partial charge in [0, 0.05) is 49.5 Å². The zero-order valence-electron chi connectivity index (χ0n) is 35.8. The third kappa shape index (κ3) is 25.7. The van der Waals surface area contributed by atoms with Crippen LogP contribution >= 0.6 is 0 Å². The molecule has 0 bridgehead atoms. The number of carbonyl (C=O) groups is 4. The molecule has 20 heteroatoms. The molecule has 4 aliphatic rings. The molecule has 4 aromatic carbocycles. The van der Waals surface area contributed by atoms with Gasteiger partial charge in [-0.3, -0.25) is 39.1 Å². The summed E-state index contributed by atoms with van der Waals surface area (Å²) in [5.41, 5.74) is 29.6. The van der Waals surface area contributed by atoms with E-state index in [1.54, 1.807) is 12.4 Å². The van der Waals surface area contributed by atoms with Gasteiger partial charge in [-0.1, -0.05) is 110 Å². The average Bonchev–Trinajstić information content (AvgIpc) is 4.06. The van der Waals surface area contributed by atoms with Crippen molar-refractivity contribution in [2.24, 2.45) is 42.9 Å². The maximum atomic E-state index is 10.6. The van der Waals surface area contributed by atoms with Gasteiger partial charge < -0.3 is 66.6 Å². The van der Waals surface area contributed by atoms with Crippen molar-refractivity contribution in [3.63, 3.8) is 0 Å². The number of carboxylic acid groups (broad SMARTS) is 4. The maximum absolute atomic E-state index is 10.6. The molecule has 0 saturated carbocycles. The highest BCUT2D eigenvalue weighted by molar-refractivity contribution is 5.83. The summed E-state index contributed by atoms with van der Waals surface area (Å²) in [5.74, 6) is -3.79. The quantitative estimate of drug-likeness (QED) is 0.0838. The van der Waals surface area contributed by atoms with Crippen LogP contribution < -0.4 is 35.2 Å². The van der Waals surface area contributed by atoms with Crippen LogP contribution in [0.5, 0.6) is 0 Å². The number of benzene rings is 4. The highest BCUT2D eigenvalue weighted by Crippen LogP contribution is 2.35. The fourth-order valence-electron chi connectivity index (χ4n) is 5.57. The van der Waals surface area contributed by atoms with Crippen LogP contribution in [0.25, 0.3) is 0 Å². The predicted molar refractivity (Wildman–Crippen MR) is 285 cm³/mol. The third-order valence-corrected chi connectivity index (χ3v) is 8.96. The van der Waals surface area contributed by atoms with Crippen molar-refractivity contribution in [1.29, 1.82) is 0 Å². The zero-order chi connectivity index (χ0) is 44.2. The van der Waals surface area contributed by atoms with Crippen LogP contribution in [0.15, 0.2) is 117 Å². The molecule has 4 aliphatic heterocycles. The lowest BCUT2D eigenvalue weighted by Crippen LogP contribution is -2.31. The number of carboxylic acids is 4. The van der Waals surface area contributed by atoms with Crippen LogP contribution in [-0.4, -0.2) is 104 Å². The molecule has 0 aromatic heterocycles. The summed E-state index contributed by atoms with van der Waals surface area (Å²) in [5, 5.41) is 33.2. The Morgan fingerprint density at radius 3 is 1.00 bits per heavy atom. The fourth-order valence-corrected chi connectivity index (χ4v) is 5.57. The van der Waals surface area contributed by atoms with E-state index in [9.17, 15) is 19.2 Å². The van der Waals surface area contributed by atoms with Gasteiger partial charge >= 0.3 is 23.9 Å². The lowest BCUT2D eigenvalue weighted by Gasteiger charge is -2.11. The first-order valence-corrected chi connectivity index (χ1v) is 19.0. The molecule has 0 radical (unpaired) electrons. The summed E-state index contributed by atoms with van der Waals surface area (Å²) in [6.07, 6.45) is 10.3. The maximum Gasteiger partial charge on any atom is 0.320 e. The minimum atomic E-state index is -0.965. The lowest BCUT2D eigenvalue weighted by atomic mass is 9.94. The SMILES string of the molecule is C.C.C.C.C.C1=Nc2ccccc2C1.C1=Nc2ccccc2C1.CC(N)C(=O)O.CC(N)C(=O)O.N.N.NC(CC1C=Nc2ccccc21)C(=O)O.NC(CC1C=Nc2ccccc21)C(=O)O.O.O. The van der Waals surface area contributed by atoms with Gasteiger partial charge in [0.1, 0.15) is 24.2 Å². The number of rotatable bonds is 8. The van der Waals surface area contributed by atoms with Gasteiger partial charge in [0.15, 0.2) is 0 Å². The van der Waals surface area contributed by atoms with Gasteiger partial charge in [-0.05, 0) is 73.2 Å². The molecule has 6 atom stereocenters. The van der Waals surface area contributed by atoms with E-state index in [-0.39, 0.29) is 72.2 Å². The minimum absolute atomic E-state index is 0. The van der Waals surface area contributed by atoms with Gasteiger partial charge in [-0.15, -0.1) is 0 Å². The lowest BCUT2D eigenvalue weighted by molar-refractivity contribution is -0.139. The molecule has 0 fully saturated rings. The molecule has 0 saturated heterocycles. The van der Waals surface area contributed by atoms with Crippen molar-refractivity contribution in [2.45, 2.75) is 113 Å². The van der Waals surface area contributed by atoms with Crippen molar-refractivity contribution in [3.8, 4) is 0 Å². The largest absolute Gasteiger partial charge is 0.480 e. The normalized spacial score (nSPS) is 14.6. The molecule has 0 amide bonds. The molecular formula is C49H82N10O10. The summed E-state index contributed by atoms with van der Waals surface area (Å²) in [7, 11) is 0. The Bertz CT molecular complexity index is 2050. The van der Waals surface area contributed by atoms with Gasteiger partial charge in [0.05, 0.1) is 22.7 Å². The van der Waals surface area contributed by atoms with Crippen molar-refractivity contribution in [2.75, 3.05) is 0 Å². The average molecular weight is 971 g/mol. The fraction of sp³-hybridized carbons (Fsp3) is 0.347. The van der Waals surface area contributed by atoms with E-state index < -0.39 is 48.0 Å². The smallest absolute Gasteiger partial charge is 0.320 e. The molecule has 4 aromatic rings. The second-order valence-electron chi connectivity index (χ2n) is 13.8. The van der Waals surface area contributed by atoms with E-state index in [4.69, 9.17) is 43.4 Å². The van der Waals surface area contributed by atoms with Gasteiger partial charge in [-0.25, -0.2) is 0 Å². The molecule has 0 spiro atoms. The topological polar surface area (TPSA) is 436 Å². The molecule has 0 aliphatic carbocycles. The first-order valence-electron chi connectivity index (χ1n) is 19.0. The highest BCUT2D eigenvalue weighted by atomic mass is 16.4. The summed E-state index contributed by atoms with van der Waals surface area (Å²) in [4.78, 5) is 57.2. The Kier molecular flexibility index (Phi) is 43.3. The Balaban J connectivity index is -0.000000134. The highest BCUT2D eigenvalue weighted by Gasteiger charge is 2.24. The van der Waals surface area contributed by atoms with Crippen LogP contribution in [0.1, 0.15) is 97.9 Å². The molecular weight excluding hydrogens is 889 g/mol.